The van der Waals surface area contributed by atoms with Crippen molar-refractivity contribution < 1.29 is 4.42 Å². The highest BCUT2D eigenvalue weighted by Crippen LogP contribution is 2.26. The molecule has 0 aliphatic rings. The number of hydrogen-bond acceptors (Lipinski definition) is 3. The largest absolute Gasteiger partial charge is 0.465 e. The van der Waals surface area contributed by atoms with Crippen molar-refractivity contribution in [1.82, 2.24) is 5.32 Å². The summed E-state index contributed by atoms with van der Waals surface area (Å²) in [7, 11) is 1.95. The Hall–Kier alpha value is -0.800. The lowest BCUT2D eigenvalue weighted by Gasteiger charge is -2.25. The highest BCUT2D eigenvalue weighted by atomic mass is 16.3. The molecule has 1 aromatic rings. The van der Waals surface area contributed by atoms with Gasteiger partial charge in [0.1, 0.15) is 11.5 Å². The van der Waals surface area contributed by atoms with Gasteiger partial charge in [0, 0.05) is 0 Å². The minimum absolute atomic E-state index is 0.0221. The Kier molecular flexibility index (Phi) is 4.36. The number of furan rings is 1. The molecule has 0 fully saturated rings. The molecule has 0 bridgehead atoms. The first-order valence-electron chi connectivity index (χ1n) is 5.52. The Bertz CT molecular complexity index is 294. The van der Waals surface area contributed by atoms with Crippen molar-refractivity contribution in [3.05, 3.63) is 23.7 Å². The van der Waals surface area contributed by atoms with Crippen molar-refractivity contribution >= 4 is 0 Å². The van der Waals surface area contributed by atoms with Crippen LogP contribution in [0.3, 0.4) is 0 Å². The van der Waals surface area contributed by atoms with Gasteiger partial charge in [-0.15, -0.1) is 0 Å². The zero-order valence-corrected chi connectivity index (χ0v) is 10.1. The highest BCUT2D eigenvalue weighted by molar-refractivity contribution is 5.10. The van der Waals surface area contributed by atoms with Gasteiger partial charge in [-0.05, 0) is 44.5 Å². The van der Waals surface area contributed by atoms with E-state index in [2.05, 4.69) is 19.2 Å². The Morgan fingerprint density at radius 1 is 1.40 bits per heavy atom. The Morgan fingerprint density at radius 2 is 2.07 bits per heavy atom. The fraction of sp³-hybridized carbons (Fsp3) is 0.667. The lowest BCUT2D eigenvalue weighted by molar-refractivity contribution is 0.280. The molecular weight excluding hydrogens is 188 g/mol. The van der Waals surface area contributed by atoms with Gasteiger partial charge >= 0.3 is 0 Å². The van der Waals surface area contributed by atoms with E-state index in [0.717, 1.165) is 18.1 Å². The Balaban J connectivity index is 2.75. The van der Waals surface area contributed by atoms with Gasteiger partial charge in [0.25, 0.3) is 0 Å². The molecule has 1 heterocycles. The van der Waals surface area contributed by atoms with Gasteiger partial charge in [0.15, 0.2) is 0 Å². The zero-order valence-electron chi connectivity index (χ0n) is 10.1. The molecule has 1 rings (SSSR count). The standard InChI is InChI=1S/C12H22N2O/c1-8(2)10(7-14-4)12(13)11-6-5-9(3)15-11/h5-6,8,10,12,14H,7,13H2,1-4H3. The van der Waals surface area contributed by atoms with E-state index in [9.17, 15) is 0 Å². The van der Waals surface area contributed by atoms with E-state index in [1.807, 2.05) is 26.1 Å². The van der Waals surface area contributed by atoms with Gasteiger partial charge in [-0.2, -0.15) is 0 Å². The zero-order chi connectivity index (χ0) is 11.4. The molecule has 2 unspecified atom stereocenters. The second-order valence-electron chi connectivity index (χ2n) is 4.44. The maximum Gasteiger partial charge on any atom is 0.121 e. The smallest absolute Gasteiger partial charge is 0.121 e. The number of nitrogens with one attached hydrogen (secondary N) is 1. The Labute approximate surface area is 92.0 Å². The van der Waals surface area contributed by atoms with E-state index >= 15 is 0 Å². The van der Waals surface area contributed by atoms with Gasteiger partial charge in [-0.1, -0.05) is 13.8 Å². The van der Waals surface area contributed by atoms with Crippen LogP contribution >= 0.6 is 0 Å². The van der Waals surface area contributed by atoms with Crippen molar-refractivity contribution in [3.63, 3.8) is 0 Å². The predicted molar refractivity (Wildman–Crippen MR) is 62.6 cm³/mol. The summed E-state index contributed by atoms with van der Waals surface area (Å²) >= 11 is 0. The summed E-state index contributed by atoms with van der Waals surface area (Å²) < 4.78 is 5.57. The normalized spacial score (nSPS) is 15.6. The first-order valence-corrected chi connectivity index (χ1v) is 5.52. The van der Waals surface area contributed by atoms with E-state index in [1.165, 1.54) is 0 Å². The molecular formula is C12H22N2O. The monoisotopic (exact) mass is 210 g/mol. The number of aryl methyl sites for hydroxylation is 1. The van der Waals surface area contributed by atoms with Crippen LogP contribution in [-0.2, 0) is 0 Å². The molecule has 3 N–H and O–H groups in total. The molecule has 15 heavy (non-hydrogen) atoms. The highest BCUT2D eigenvalue weighted by Gasteiger charge is 2.24. The summed E-state index contributed by atoms with van der Waals surface area (Å²) in [6.45, 7) is 7.24. The summed E-state index contributed by atoms with van der Waals surface area (Å²) in [4.78, 5) is 0. The van der Waals surface area contributed by atoms with Crippen molar-refractivity contribution in [2.45, 2.75) is 26.8 Å². The van der Waals surface area contributed by atoms with Crippen LogP contribution in [-0.4, -0.2) is 13.6 Å². The Morgan fingerprint density at radius 3 is 2.47 bits per heavy atom. The number of nitrogens with two attached hydrogens (primary N) is 1. The third-order valence-corrected chi connectivity index (χ3v) is 2.85. The number of rotatable bonds is 5. The summed E-state index contributed by atoms with van der Waals surface area (Å²) in [5.74, 6) is 2.76. The van der Waals surface area contributed by atoms with Crippen LogP contribution in [0.4, 0.5) is 0 Å². The molecule has 0 spiro atoms. The molecule has 3 heteroatoms. The summed E-state index contributed by atoms with van der Waals surface area (Å²) in [5, 5.41) is 3.18. The maximum atomic E-state index is 6.21. The average molecular weight is 210 g/mol. The molecule has 0 aliphatic carbocycles. The SMILES string of the molecule is CNCC(C(C)C)C(N)c1ccc(C)o1. The van der Waals surface area contributed by atoms with Crippen molar-refractivity contribution in [2.24, 2.45) is 17.6 Å². The lowest BCUT2D eigenvalue weighted by atomic mass is 9.87. The first kappa shape index (κ1) is 12.3. The molecule has 0 saturated heterocycles. The average Bonchev–Trinajstić information content (AvgIpc) is 2.59. The van der Waals surface area contributed by atoms with Crippen LogP contribution in [0.2, 0.25) is 0 Å². The van der Waals surface area contributed by atoms with E-state index in [4.69, 9.17) is 10.2 Å². The third kappa shape index (κ3) is 3.08. The van der Waals surface area contributed by atoms with Gasteiger partial charge in [0.2, 0.25) is 0 Å². The van der Waals surface area contributed by atoms with Crippen LogP contribution in [0.5, 0.6) is 0 Å². The minimum Gasteiger partial charge on any atom is -0.465 e. The second kappa shape index (κ2) is 5.33. The van der Waals surface area contributed by atoms with Gasteiger partial charge in [0.05, 0.1) is 6.04 Å². The van der Waals surface area contributed by atoms with Crippen LogP contribution in [0, 0.1) is 18.8 Å². The third-order valence-electron chi connectivity index (χ3n) is 2.85. The van der Waals surface area contributed by atoms with E-state index in [0.29, 0.717) is 11.8 Å². The predicted octanol–water partition coefficient (Wildman–Crippen LogP) is 2.08. The molecule has 0 amide bonds. The molecule has 1 aromatic heterocycles. The van der Waals surface area contributed by atoms with Gasteiger partial charge in [-0.3, -0.25) is 0 Å². The fourth-order valence-corrected chi connectivity index (χ4v) is 1.86. The van der Waals surface area contributed by atoms with Crippen molar-refractivity contribution in [3.8, 4) is 0 Å². The van der Waals surface area contributed by atoms with Crippen molar-refractivity contribution in [2.75, 3.05) is 13.6 Å². The molecule has 0 aromatic carbocycles. The summed E-state index contributed by atoms with van der Waals surface area (Å²) in [5.41, 5.74) is 6.21. The maximum absolute atomic E-state index is 6.21. The van der Waals surface area contributed by atoms with Crippen LogP contribution in [0.15, 0.2) is 16.5 Å². The van der Waals surface area contributed by atoms with Gasteiger partial charge < -0.3 is 15.5 Å². The van der Waals surface area contributed by atoms with E-state index in [1.54, 1.807) is 0 Å². The summed E-state index contributed by atoms with van der Waals surface area (Å²) in [6, 6.07) is 3.92. The quantitative estimate of drug-likeness (QED) is 0.782. The van der Waals surface area contributed by atoms with Crippen LogP contribution in [0.1, 0.15) is 31.4 Å². The van der Waals surface area contributed by atoms with E-state index in [-0.39, 0.29) is 6.04 Å². The molecule has 3 nitrogen and oxygen atoms in total. The topological polar surface area (TPSA) is 51.2 Å². The van der Waals surface area contributed by atoms with E-state index < -0.39 is 0 Å². The minimum atomic E-state index is -0.0221. The summed E-state index contributed by atoms with van der Waals surface area (Å²) in [6.07, 6.45) is 0. The van der Waals surface area contributed by atoms with Crippen LogP contribution in [0.25, 0.3) is 0 Å². The molecule has 0 saturated carbocycles. The molecule has 0 aliphatic heterocycles. The number of hydrogen-bond donors (Lipinski definition) is 2. The lowest BCUT2D eigenvalue weighted by Crippen LogP contribution is -2.33. The van der Waals surface area contributed by atoms with Gasteiger partial charge in [-0.25, -0.2) is 0 Å². The molecule has 0 radical (unpaired) electrons. The molecule has 2 atom stereocenters. The van der Waals surface area contributed by atoms with Crippen molar-refractivity contribution in [1.29, 1.82) is 0 Å². The second-order valence-corrected chi connectivity index (χ2v) is 4.44. The fourth-order valence-electron chi connectivity index (χ4n) is 1.86. The molecule has 86 valence electrons. The van der Waals surface area contributed by atoms with Crippen LogP contribution < -0.4 is 11.1 Å². The first-order chi connectivity index (χ1) is 7.06.